The summed E-state index contributed by atoms with van der Waals surface area (Å²) in [5.41, 5.74) is 4.76. The van der Waals surface area contributed by atoms with E-state index in [9.17, 15) is 14.4 Å². The summed E-state index contributed by atoms with van der Waals surface area (Å²) in [6, 6.07) is 16.3. The Kier molecular flexibility index (Phi) is 7.20. The molecule has 34 heavy (non-hydrogen) atoms. The molecule has 0 aliphatic heterocycles. The highest BCUT2D eigenvalue weighted by Crippen LogP contribution is 2.44. The van der Waals surface area contributed by atoms with Crippen LogP contribution in [-0.4, -0.2) is 53.7 Å². The van der Waals surface area contributed by atoms with E-state index in [1.165, 1.54) is 27.2 Å². The number of carboxylic acids is 1. The molecule has 7 heteroatoms. The largest absolute Gasteiger partial charge is 0.480 e. The van der Waals surface area contributed by atoms with Gasteiger partial charge in [0.2, 0.25) is 5.91 Å². The Bertz CT molecular complexity index is 1010. The highest BCUT2D eigenvalue weighted by Gasteiger charge is 2.33. The Hall–Kier alpha value is -3.35. The number of amides is 2. The SMILES string of the molecule is CC(C)N(CC(=O)O)C(=O)CC1CC(CNC(=O)OCC2c3ccccc3-c3ccccc32)C1. The maximum absolute atomic E-state index is 12.5. The van der Waals surface area contributed by atoms with E-state index >= 15 is 0 Å². The lowest BCUT2D eigenvalue weighted by Gasteiger charge is -2.36. The highest BCUT2D eigenvalue weighted by atomic mass is 16.5. The van der Waals surface area contributed by atoms with E-state index in [-0.39, 0.29) is 36.9 Å². The maximum Gasteiger partial charge on any atom is 0.407 e. The van der Waals surface area contributed by atoms with Crippen LogP contribution in [0.25, 0.3) is 11.1 Å². The molecule has 0 radical (unpaired) electrons. The Morgan fingerprint density at radius 2 is 1.59 bits per heavy atom. The molecule has 2 aliphatic rings. The average molecular weight is 465 g/mol. The monoisotopic (exact) mass is 464 g/mol. The molecule has 180 valence electrons. The van der Waals surface area contributed by atoms with Crippen molar-refractivity contribution in [3.63, 3.8) is 0 Å². The molecule has 4 rings (SSSR count). The molecule has 0 atom stereocenters. The first-order valence-corrected chi connectivity index (χ1v) is 11.9. The summed E-state index contributed by atoms with van der Waals surface area (Å²) in [5.74, 6) is -0.541. The van der Waals surface area contributed by atoms with Gasteiger partial charge in [0.1, 0.15) is 13.2 Å². The number of hydrogen-bond donors (Lipinski definition) is 2. The van der Waals surface area contributed by atoms with Gasteiger partial charge < -0.3 is 20.1 Å². The van der Waals surface area contributed by atoms with Crippen molar-refractivity contribution in [2.24, 2.45) is 11.8 Å². The van der Waals surface area contributed by atoms with Gasteiger partial charge in [-0.25, -0.2) is 4.79 Å². The van der Waals surface area contributed by atoms with Gasteiger partial charge in [-0.2, -0.15) is 0 Å². The summed E-state index contributed by atoms with van der Waals surface area (Å²) < 4.78 is 5.58. The van der Waals surface area contributed by atoms with Gasteiger partial charge in [-0.3, -0.25) is 9.59 Å². The van der Waals surface area contributed by atoms with Crippen LogP contribution in [-0.2, 0) is 14.3 Å². The number of alkyl carbamates (subject to hydrolysis) is 1. The molecule has 2 aromatic rings. The van der Waals surface area contributed by atoms with Gasteiger partial charge in [0, 0.05) is 24.9 Å². The molecule has 2 N–H and O–H groups in total. The van der Waals surface area contributed by atoms with Crippen LogP contribution in [0.3, 0.4) is 0 Å². The molecular formula is C27H32N2O5. The van der Waals surface area contributed by atoms with Crippen molar-refractivity contribution >= 4 is 18.0 Å². The molecule has 1 fully saturated rings. The molecule has 2 amide bonds. The second kappa shape index (κ2) is 10.3. The fourth-order valence-corrected chi connectivity index (χ4v) is 5.15. The summed E-state index contributed by atoms with van der Waals surface area (Å²) in [6.07, 6.45) is 1.62. The summed E-state index contributed by atoms with van der Waals surface area (Å²) in [5, 5.41) is 11.9. The fraction of sp³-hybridized carbons (Fsp3) is 0.444. The minimum atomic E-state index is -0.999. The summed E-state index contributed by atoms with van der Waals surface area (Å²) in [6.45, 7) is 4.18. The predicted molar refractivity (Wildman–Crippen MR) is 128 cm³/mol. The number of carbonyl (C=O) groups excluding carboxylic acids is 2. The quantitative estimate of drug-likeness (QED) is 0.578. The van der Waals surface area contributed by atoms with Crippen molar-refractivity contribution < 1.29 is 24.2 Å². The molecule has 0 spiro atoms. The molecule has 0 unspecified atom stereocenters. The number of aliphatic carboxylic acids is 1. The molecule has 7 nitrogen and oxygen atoms in total. The molecular weight excluding hydrogens is 432 g/mol. The van der Waals surface area contributed by atoms with Crippen LogP contribution >= 0.6 is 0 Å². The first-order valence-electron chi connectivity index (χ1n) is 11.9. The van der Waals surface area contributed by atoms with Crippen molar-refractivity contribution in [1.29, 1.82) is 0 Å². The number of fused-ring (bicyclic) bond motifs is 3. The number of nitrogens with zero attached hydrogens (tertiary/aromatic N) is 1. The van der Waals surface area contributed by atoms with Crippen LogP contribution < -0.4 is 5.32 Å². The number of hydrogen-bond acceptors (Lipinski definition) is 4. The number of carbonyl (C=O) groups is 3. The van der Waals surface area contributed by atoms with Gasteiger partial charge in [-0.1, -0.05) is 48.5 Å². The lowest BCUT2D eigenvalue weighted by Crippen LogP contribution is -2.43. The number of benzene rings is 2. The minimum Gasteiger partial charge on any atom is -0.480 e. The van der Waals surface area contributed by atoms with E-state index in [0.29, 0.717) is 18.9 Å². The molecule has 0 heterocycles. The van der Waals surface area contributed by atoms with E-state index < -0.39 is 12.1 Å². The fourth-order valence-electron chi connectivity index (χ4n) is 5.15. The van der Waals surface area contributed by atoms with Crippen LogP contribution in [0, 0.1) is 11.8 Å². The van der Waals surface area contributed by atoms with Crippen molar-refractivity contribution in [2.45, 2.75) is 45.1 Å². The third-order valence-corrected chi connectivity index (χ3v) is 6.92. The zero-order valence-electron chi connectivity index (χ0n) is 19.7. The number of nitrogens with one attached hydrogen (secondary N) is 1. The van der Waals surface area contributed by atoms with Crippen LogP contribution in [0.15, 0.2) is 48.5 Å². The Balaban J connectivity index is 1.20. The predicted octanol–water partition coefficient (Wildman–Crippen LogP) is 4.26. The van der Waals surface area contributed by atoms with Gasteiger partial charge in [0.05, 0.1) is 0 Å². The average Bonchev–Trinajstić information content (AvgIpc) is 3.10. The third-order valence-electron chi connectivity index (χ3n) is 6.92. The van der Waals surface area contributed by atoms with E-state index in [4.69, 9.17) is 9.84 Å². The van der Waals surface area contributed by atoms with Crippen LogP contribution in [0.5, 0.6) is 0 Å². The number of carboxylic acid groups (broad SMARTS) is 1. The van der Waals surface area contributed by atoms with E-state index in [2.05, 4.69) is 29.6 Å². The topological polar surface area (TPSA) is 95.9 Å². The van der Waals surface area contributed by atoms with E-state index in [1.54, 1.807) is 0 Å². The van der Waals surface area contributed by atoms with Gasteiger partial charge in [0.15, 0.2) is 0 Å². The molecule has 0 bridgehead atoms. The van der Waals surface area contributed by atoms with Gasteiger partial charge in [-0.05, 0) is 60.8 Å². The van der Waals surface area contributed by atoms with Gasteiger partial charge in [0.25, 0.3) is 0 Å². The standard InChI is InChI=1S/C27H32N2O5/c1-17(2)29(15-26(31)32)25(30)13-18-11-19(12-18)14-28-27(33)34-16-24-22-9-5-3-7-20(22)21-8-4-6-10-23(21)24/h3-10,17-19,24H,11-16H2,1-2H3,(H,28,33)(H,31,32). The number of ether oxygens (including phenoxy) is 1. The molecule has 2 aromatic carbocycles. The summed E-state index contributed by atoms with van der Waals surface area (Å²) in [4.78, 5) is 37.2. The third kappa shape index (κ3) is 5.24. The molecule has 0 saturated heterocycles. The van der Waals surface area contributed by atoms with Crippen LogP contribution in [0.4, 0.5) is 4.79 Å². The van der Waals surface area contributed by atoms with Crippen molar-refractivity contribution in [2.75, 3.05) is 19.7 Å². The summed E-state index contributed by atoms with van der Waals surface area (Å²) >= 11 is 0. The van der Waals surface area contributed by atoms with Gasteiger partial charge in [-0.15, -0.1) is 0 Å². The zero-order chi connectivity index (χ0) is 24.2. The smallest absolute Gasteiger partial charge is 0.407 e. The Labute approximate surface area is 200 Å². The molecule has 2 aliphatic carbocycles. The Morgan fingerprint density at radius 3 is 2.15 bits per heavy atom. The lowest BCUT2D eigenvalue weighted by atomic mass is 9.73. The zero-order valence-corrected chi connectivity index (χ0v) is 19.7. The normalized spacial score (nSPS) is 18.6. The van der Waals surface area contributed by atoms with Crippen molar-refractivity contribution in [3.8, 4) is 11.1 Å². The molecule has 0 aromatic heterocycles. The maximum atomic E-state index is 12.5. The van der Waals surface area contributed by atoms with E-state index in [0.717, 1.165) is 12.8 Å². The second-order valence-corrected chi connectivity index (χ2v) is 9.62. The van der Waals surface area contributed by atoms with Crippen molar-refractivity contribution in [3.05, 3.63) is 59.7 Å². The first-order chi connectivity index (χ1) is 16.3. The highest BCUT2D eigenvalue weighted by molar-refractivity contribution is 5.82. The minimum absolute atomic E-state index is 0.0342. The number of rotatable bonds is 9. The summed E-state index contributed by atoms with van der Waals surface area (Å²) in [7, 11) is 0. The van der Waals surface area contributed by atoms with Gasteiger partial charge >= 0.3 is 12.1 Å². The van der Waals surface area contributed by atoms with Crippen LogP contribution in [0.2, 0.25) is 0 Å². The van der Waals surface area contributed by atoms with E-state index in [1.807, 2.05) is 38.1 Å². The first kappa shape index (κ1) is 23.8. The molecule has 1 saturated carbocycles. The van der Waals surface area contributed by atoms with Crippen LogP contribution in [0.1, 0.15) is 50.2 Å². The van der Waals surface area contributed by atoms with Crippen molar-refractivity contribution in [1.82, 2.24) is 10.2 Å². The Morgan fingerprint density at radius 1 is 1.00 bits per heavy atom. The second-order valence-electron chi connectivity index (χ2n) is 9.62. The lowest BCUT2D eigenvalue weighted by molar-refractivity contribution is -0.146.